The zero-order valence-corrected chi connectivity index (χ0v) is 18.6. The average Bonchev–Trinajstić information content (AvgIpc) is 3.05. The topological polar surface area (TPSA) is 119 Å². The SMILES string of the molecule is O=C(CCCNC(=O)CCC1C(=O)N(c2ccc(Cl)cc2)C(=O)N1Cc1ccccc1)NO. The zero-order chi connectivity index (χ0) is 23.8. The molecule has 174 valence electrons. The minimum absolute atomic E-state index is 0.0373. The Morgan fingerprint density at radius 2 is 1.67 bits per heavy atom. The molecule has 3 N–H and O–H groups in total. The maximum atomic E-state index is 13.2. The number of anilines is 1. The number of rotatable bonds is 10. The molecule has 9 nitrogen and oxygen atoms in total. The molecule has 1 aliphatic heterocycles. The number of carbonyl (C=O) groups excluding carboxylic acids is 4. The van der Waals surface area contributed by atoms with Crippen molar-refractivity contribution >= 4 is 41.0 Å². The highest BCUT2D eigenvalue weighted by atomic mass is 35.5. The summed E-state index contributed by atoms with van der Waals surface area (Å²) in [6, 6.07) is 14.5. The molecule has 33 heavy (non-hydrogen) atoms. The quantitative estimate of drug-likeness (QED) is 0.212. The van der Waals surface area contributed by atoms with Crippen LogP contribution in [-0.4, -0.2) is 46.4 Å². The third kappa shape index (κ3) is 6.30. The minimum Gasteiger partial charge on any atom is -0.356 e. The van der Waals surface area contributed by atoms with E-state index in [2.05, 4.69) is 5.32 Å². The Bertz CT molecular complexity index is 1000. The van der Waals surface area contributed by atoms with Gasteiger partial charge in [0.1, 0.15) is 6.04 Å². The van der Waals surface area contributed by atoms with Crippen molar-refractivity contribution in [1.29, 1.82) is 0 Å². The van der Waals surface area contributed by atoms with Crippen LogP contribution in [0.3, 0.4) is 0 Å². The molecule has 0 saturated carbocycles. The van der Waals surface area contributed by atoms with E-state index in [9.17, 15) is 19.2 Å². The van der Waals surface area contributed by atoms with Gasteiger partial charge >= 0.3 is 6.03 Å². The number of nitrogens with zero attached hydrogens (tertiary/aromatic N) is 2. The molecule has 0 bridgehead atoms. The van der Waals surface area contributed by atoms with E-state index in [1.165, 1.54) is 10.4 Å². The molecule has 2 aromatic rings. The van der Waals surface area contributed by atoms with Gasteiger partial charge in [-0.25, -0.2) is 15.2 Å². The maximum absolute atomic E-state index is 13.2. The Labute approximate surface area is 196 Å². The molecule has 2 aromatic carbocycles. The first kappa shape index (κ1) is 24.2. The lowest BCUT2D eigenvalue weighted by atomic mass is 10.1. The van der Waals surface area contributed by atoms with E-state index in [-0.39, 0.29) is 38.3 Å². The van der Waals surface area contributed by atoms with Gasteiger partial charge in [0.2, 0.25) is 11.8 Å². The van der Waals surface area contributed by atoms with E-state index >= 15 is 0 Å². The predicted molar refractivity (Wildman–Crippen MR) is 122 cm³/mol. The van der Waals surface area contributed by atoms with Crippen molar-refractivity contribution in [2.75, 3.05) is 11.4 Å². The van der Waals surface area contributed by atoms with Crippen molar-refractivity contribution in [3.8, 4) is 0 Å². The van der Waals surface area contributed by atoms with Gasteiger partial charge in [0, 0.05) is 31.0 Å². The fraction of sp³-hybridized carbons (Fsp3) is 0.304. The van der Waals surface area contributed by atoms with Gasteiger partial charge in [-0.1, -0.05) is 41.9 Å². The molecule has 1 heterocycles. The first-order chi connectivity index (χ1) is 15.9. The molecule has 1 saturated heterocycles. The lowest BCUT2D eigenvalue weighted by Crippen LogP contribution is -2.36. The first-order valence-electron chi connectivity index (χ1n) is 10.5. The number of carbonyl (C=O) groups is 4. The number of hydrogen-bond acceptors (Lipinski definition) is 5. The number of urea groups is 1. The van der Waals surface area contributed by atoms with Gasteiger partial charge in [-0.3, -0.25) is 19.6 Å². The van der Waals surface area contributed by atoms with E-state index < -0.39 is 23.9 Å². The summed E-state index contributed by atoms with van der Waals surface area (Å²) < 4.78 is 0. The highest BCUT2D eigenvalue weighted by Gasteiger charge is 2.45. The third-order valence-corrected chi connectivity index (χ3v) is 5.52. The van der Waals surface area contributed by atoms with Crippen molar-refractivity contribution in [3.05, 3.63) is 65.2 Å². The Hall–Kier alpha value is -3.43. The lowest BCUT2D eigenvalue weighted by Gasteiger charge is -2.22. The van der Waals surface area contributed by atoms with E-state index in [1.54, 1.807) is 24.3 Å². The molecule has 10 heteroatoms. The molecule has 3 rings (SSSR count). The van der Waals surface area contributed by atoms with Gasteiger partial charge in [0.25, 0.3) is 5.91 Å². The van der Waals surface area contributed by atoms with Gasteiger partial charge in [-0.05, 0) is 42.7 Å². The van der Waals surface area contributed by atoms with Crippen LogP contribution in [0.25, 0.3) is 0 Å². The summed E-state index contributed by atoms with van der Waals surface area (Å²) in [5.41, 5.74) is 2.82. The largest absolute Gasteiger partial charge is 0.356 e. The highest BCUT2D eigenvalue weighted by molar-refractivity contribution is 6.30. The second-order valence-corrected chi connectivity index (χ2v) is 8.03. The van der Waals surface area contributed by atoms with Crippen LogP contribution in [0.4, 0.5) is 10.5 Å². The van der Waals surface area contributed by atoms with Crippen molar-refractivity contribution in [2.24, 2.45) is 0 Å². The van der Waals surface area contributed by atoms with Crippen molar-refractivity contribution < 1.29 is 24.4 Å². The monoisotopic (exact) mass is 472 g/mol. The molecule has 0 aromatic heterocycles. The smallest absolute Gasteiger partial charge is 0.332 e. The summed E-state index contributed by atoms with van der Waals surface area (Å²) in [7, 11) is 0. The van der Waals surface area contributed by atoms with Crippen LogP contribution in [0.15, 0.2) is 54.6 Å². The summed E-state index contributed by atoms with van der Waals surface area (Å²) in [4.78, 5) is 52.3. The molecular formula is C23H25ClN4O5. The zero-order valence-electron chi connectivity index (χ0n) is 17.9. The van der Waals surface area contributed by atoms with E-state index in [1.807, 2.05) is 30.3 Å². The number of imide groups is 1. The van der Waals surface area contributed by atoms with Crippen LogP contribution in [0.2, 0.25) is 5.02 Å². The molecule has 1 unspecified atom stereocenters. The Kier molecular flexibility index (Phi) is 8.39. The predicted octanol–water partition coefficient (Wildman–Crippen LogP) is 2.86. The van der Waals surface area contributed by atoms with Crippen LogP contribution < -0.4 is 15.7 Å². The van der Waals surface area contributed by atoms with Gasteiger partial charge < -0.3 is 10.2 Å². The van der Waals surface area contributed by atoms with Crippen LogP contribution in [0, 0.1) is 0 Å². The summed E-state index contributed by atoms with van der Waals surface area (Å²) in [6.45, 7) is 0.493. The van der Waals surface area contributed by atoms with Gasteiger partial charge in [0.15, 0.2) is 0 Å². The summed E-state index contributed by atoms with van der Waals surface area (Å²) >= 11 is 5.94. The molecule has 0 spiro atoms. The molecule has 0 radical (unpaired) electrons. The standard InChI is InChI=1S/C23H25ClN4O5/c24-17-8-10-18(11-9-17)28-22(31)19(12-13-20(29)25-14-4-7-21(30)26-33)27(23(28)32)15-16-5-2-1-3-6-16/h1-3,5-6,8-11,19,33H,4,7,12-15H2,(H,25,29)(H,26,30). The normalized spacial score (nSPS) is 15.6. The molecule has 5 amide bonds. The summed E-state index contributed by atoms with van der Waals surface area (Å²) in [5.74, 6) is -1.21. The molecule has 1 atom stereocenters. The molecule has 0 aliphatic carbocycles. The van der Waals surface area contributed by atoms with E-state index in [0.717, 1.165) is 10.5 Å². The first-order valence-corrected chi connectivity index (χ1v) is 10.9. The number of hydrogen-bond donors (Lipinski definition) is 3. The van der Waals surface area contributed by atoms with Crippen LogP contribution in [-0.2, 0) is 20.9 Å². The van der Waals surface area contributed by atoms with Crippen LogP contribution in [0.5, 0.6) is 0 Å². The number of hydroxylamine groups is 1. The number of amides is 5. The molecule has 1 aliphatic rings. The highest BCUT2D eigenvalue weighted by Crippen LogP contribution is 2.29. The number of nitrogens with one attached hydrogen (secondary N) is 2. The number of benzene rings is 2. The van der Waals surface area contributed by atoms with E-state index in [0.29, 0.717) is 17.1 Å². The fourth-order valence-corrected chi connectivity index (χ4v) is 3.72. The maximum Gasteiger partial charge on any atom is 0.332 e. The van der Waals surface area contributed by atoms with Gasteiger partial charge in [-0.2, -0.15) is 0 Å². The van der Waals surface area contributed by atoms with Crippen molar-refractivity contribution in [3.63, 3.8) is 0 Å². The van der Waals surface area contributed by atoms with Gasteiger partial charge in [-0.15, -0.1) is 0 Å². The number of halogens is 1. The lowest BCUT2D eigenvalue weighted by molar-refractivity contribution is -0.129. The van der Waals surface area contributed by atoms with Crippen molar-refractivity contribution in [1.82, 2.24) is 15.7 Å². The Balaban J connectivity index is 1.68. The fourth-order valence-electron chi connectivity index (χ4n) is 3.59. The van der Waals surface area contributed by atoms with Gasteiger partial charge in [0.05, 0.1) is 5.69 Å². The Morgan fingerprint density at radius 3 is 2.33 bits per heavy atom. The second kappa shape index (κ2) is 11.4. The summed E-state index contributed by atoms with van der Waals surface area (Å²) in [6.07, 6.45) is 0.636. The van der Waals surface area contributed by atoms with E-state index in [4.69, 9.17) is 16.8 Å². The molecular weight excluding hydrogens is 448 g/mol. The Morgan fingerprint density at radius 1 is 0.970 bits per heavy atom. The third-order valence-electron chi connectivity index (χ3n) is 5.27. The average molecular weight is 473 g/mol. The van der Waals surface area contributed by atoms with Crippen molar-refractivity contribution in [2.45, 2.75) is 38.3 Å². The van der Waals surface area contributed by atoms with Crippen LogP contribution >= 0.6 is 11.6 Å². The summed E-state index contributed by atoms with van der Waals surface area (Å²) in [5, 5.41) is 11.7. The van der Waals surface area contributed by atoms with Crippen LogP contribution in [0.1, 0.15) is 31.2 Å². The molecule has 1 fully saturated rings. The second-order valence-electron chi connectivity index (χ2n) is 7.59. The minimum atomic E-state index is -0.792.